The van der Waals surface area contributed by atoms with Gasteiger partial charge in [0.2, 0.25) is 0 Å². The van der Waals surface area contributed by atoms with Gasteiger partial charge in [-0.15, -0.1) is 0 Å². The molecule has 0 aromatic heterocycles. The minimum absolute atomic E-state index is 0.0380. The average molecular weight is 394 g/mol. The van der Waals surface area contributed by atoms with E-state index >= 15 is 0 Å². The van der Waals surface area contributed by atoms with E-state index in [0.29, 0.717) is 30.0 Å². The van der Waals surface area contributed by atoms with Gasteiger partial charge in [-0.2, -0.15) is 0 Å². The first-order chi connectivity index (χ1) is 13.3. The third-order valence-corrected chi connectivity index (χ3v) is 4.47. The maximum absolute atomic E-state index is 12.9. The predicted octanol–water partition coefficient (Wildman–Crippen LogP) is 4.96. The first-order valence-corrected chi connectivity index (χ1v) is 10.2. The molecule has 0 aliphatic rings. The van der Waals surface area contributed by atoms with Crippen molar-refractivity contribution in [1.82, 2.24) is 0 Å². The SMILES string of the molecule is CCCO[C@](C)(CCC)C(=O)Nc1ccc(O[C@H](C)CC)c(C(=O)OCC)c1. The van der Waals surface area contributed by atoms with Crippen LogP contribution in [0.25, 0.3) is 0 Å². The summed E-state index contributed by atoms with van der Waals surface area (Å²) in [6.07, 6.45) is 3.04. The van der Waals surface area contributed by atoms with Crippen molar-refractivity contribution >= 4 is 17.6 Å². The number of carbonyl (C=O) groups excluding carboxylic acids is 2. The van der Waals surface area contributed by atoms with E-state index in [1.807, 2.05) is 27.7 Å². The molecule has 6 heteroatoms. The quantitative estimate of drug-likeness (QED) is 0.508. The highest BCUT2D eigenvalue weighted by atomic mass is 16.5. The molecule has 0 radical (unpaired) electrons. The summed E-state index contributed by atoms with van der Waals surface area (Å²) in [5.41, 5.74) is -0.112. The second kappa shape index (κ2) is 11.7. The Morgan fingerprint density at radius 2 is 1.86 bits per heavy atom. The molecular weight excluding hydrogens is 358 g/mol. The lowest BCUT2D eigenvalue weighted by Crippen LogP contribution is -2.43. The van der Waals surface area contributed by atoms with Crippen LogP contribution in [0, 0.1) is 0 Å². The average Bonchev–Trinajstić information content (AvgIpc) is 2.67. The lowest BCUT2D eigenvalue weighted by atomic mass is 9.98. The molecule has 1 aromatic carbocycles. The number of anilines is 1. The monoisotopic (exact) mass is 393 g/mol. The Kier molecular flexibility index (Phi) is 10.0. The van der Waals surface area contributed by atoms with E-state index in [1.54, 1.807) is 32.0 Å². The molecule has 0 spiro atoms. The second-order valence-corrected chi connectivity index (χ2v) is 7.05. The van der Waals surface area contributed by atoms with Crippen molar-refractivity contribution in [1.29, 1.82) is 0 Å². The topological polar surface area (TPSA) is 73.9 Å². The Labute approximate surface area is 168 Å². The zero-order valence-corrected chi connectivity index (χ0v) is 18.1. The van der Waals surface area contributed by atoms with Crippen LogP contribution in [0.3, 0.4) is 0 Å². The molecule has 1 rings (SSSR count). The first-order valence-electron chi connectivity index (χ1n) is 10.2. The van der Waals surface area contributed by atoms with E-state index in [-0.39, 0.29) is 18.6 Å². The van der Waals surface area contributed by atoms with E-state index in [2.05, 4.69) is 5.32 Å². The third kappa shape index (κ3) is 6.82. The van der Waals surface area contributed by atoms with Crippen molar-refractivity contribution in [3.63, 3.8) is 0 Å². The molecule has 0 saturated carbocycles. The lowest BCUT2D eigenvalue weighted by Gasteiger charge is -2.28. The summed E-state index contributed by atoms with van der Waals surface area (Å²) in [7, 11) is 0. The summed E-state index contributed by atoms with van der Waals surface area (Å²) in [6.45, 7) is 12.3. The number of nitrogens with one attached hydrogen (secondary N) is 1. The fourth-order valence-electron chi connectivity index (χ4n) is 2.70. The highest BCUT2D eigenvalue weighted by Gasteiger charge is 2.33. The standard InChI is InChI=1S/C22H35NO5/c1-7-13-22(6,27-14-8-2)21(25)23-17-11-12-19(28-16(5)9-3)18(15-17)20(24)26-10-4/h11-12,15-16H,7-10,13-14H2,1-6H3,(H,23,25)/t16-,22-/m1/s1. The third-order valence-electron chi connectivity index (χ3n) is 4.47. The highest BCUT2D eigenvalue weighted by molar-refractivity contribution is 5.99. The molecule has 0 unspecified atom stereocenters. The second-order valence-electron chi connectivity index (χ2n) is 7.05. The molecule has 0 fully saturated rings. The van der Waals surface area contributed by atoms with Crippen molar-refractivity contribution in [2.24, 2.45) is 0 Å². The van der Waals surface area contributed by atoms with E-state index < -0.39 is 11.6 Å². The molecule has 6 nitrogen and oxygen atoms in total. The molecular formula is C22H35NO5. The molecule has 0 bridgehead atoms. The summed E-state index contributed by atoms with van der Waals surface area (Å²) in [5, 5.41) is 2.88. The number of hydrogen-bond donors (Lipinski definition) is 1. The van der Waals surface area contributed by atoms with Crippen LogP contribution >= 0.6 is 0 Å². The van der Waals surface area contributed by atoms with E-state index in [1.165, 1.54) is 0 Å². The summed E-state index contributed by atoms with van der Waals surface area (Å²) >= 11 is 0. The molecule has 0 heterocycles. The van der Waals surface area contributed by atoms with Gasteiger partial charge in [-0.25, -0.2) is 4.79 Å². The van der Waals surface area contributed by atoms with Gasteiger partial charge in [0.1, 0.15) is 16.9 Å². The summed E-state index contributed by atoms with van der Waals surface area (Å²) in [6, 6.07) is 5.02. The Balaban J connectivity index is 3.11. The Hall–Kier alpha value is -2.08. The van der Waals surface area contributed by atoms with Gasteiger partial charge in [-0.3, -0.25) is 4.79 Å². The molecule has 1 N–H and O–H groups in total. The molecule has 0 aliphatic heterocycles. The number of ether oxygens (including phenoxy) is 3. The molecule has 1 aromatic rings. The number of benzene rings is 1. The summed E-state index contributed by atoms with van der Waals surface area (Å²) in [4.78, 5) is 25.2. The van der Waals surface area contributed by atoms with Crippen LogP contribution in [-0.4, -0.2) is 36.8 Å². The fraction of sp³-hybridized carbons (Fsp3) is 0.636. The van der Waals surface area contributed by atoms with Gasteiger partial charge in [0.05, 0.1) is 12.7 Å². The van der Waals surface area contributed by atoms with Gasteiger partial charge in [-0.1, -0.05) is 27.2 Å². The van der Waals surface area contributed by atoms with Crippen molar-refractivity contribution in [2.75, 3.05) is 18.5 Å². The summed E-state index contributed by atoms with van der Waals surface area (Å²) < 4.78 is 16.8. The van der Waals surface area contributed by atoms with Crippen molar-refractivity contribution < 1.29 is 23.8 Å². The normalized spacial score (nSPS) is 14.1. The molecule has 158 valence electrons. The number of carbonyl (C=O) groups is 2. The van der Waals surface area contributed by atoms with Crippen LogP contribution in [0.15, 0.2) is 18.2 Å². The largest absolute Gasteiger partial charge is 0.490 e. The predicted molar refractivity (Wildman–Crippen MR) is 111 cm³/mol. The molecule has 0 saturated heterocycles. The van der Waals surface area contributed by atoms with Crippen LogP contribution < -0.4 is 10.1 Å². The van der Waals surface area contributed by atoms with Gasteiger partial charge in [0, 0.05) is 12.3 Å². The molecule has 1 amide bonds. The smallest absolute Gasteiger partial charge is 0.341 e. The van der Waals surface area contributed by atoms with Gasteiger partial charge in [0.25, 0.3) is 5.91 Å². The first kappa shape index (κ1) is 24.0. The molecule has 2 atom stereocenters. The van der Waals surface area contributed by atoms with Gasteiger partial charge < -0.3 is 19.5 Å². The van der Waals surface area contributed by atoms with Gasteiger partial charge in [0.15, 0.2) is 0 Å². The summed E-state index contributed by atoms with van der Waals surface area (Å²) in [5.74, 6) is -0.256. The zero-order valence-electron chi connectivity index (χ0n) is 18.1. The Morgan fingerprint density at radius 1 is 1.14 bits per heavy atom. The minimum atomic E-state index is -0.916. The lowest BCUT2D eigenvalue weighted by molar-refractivity contribution is -0.140. The Bertz CT molecular complexity index is 646. The molecule has 0 aliphatic carbocycles. The van der Waals surface area contributed by atoms with E-state index in [0.717, 1.165) is 19.3 Å². The number of amides is 1. The van der Waals surface area contributed by atoms with Gasteiger partial charge >= 0.3 is 5.97 Å². The minimum Gasteiger partial charge on any atom is -0.490 e. The van der Waals surface area contributed by atoms with Crippen LogP contribution in [0.2, 0.25) is 0 Å². The van der Waals surface area contributed by atoms with Crippen LogP contribution in [0.5, 0.6) is 5.75 Å². The van der Waals surface area contributed by atoms with E-state index in [9.17, 15) is 9.59 Å². The number of rotatable bonds is 12. The van der Waals surface area contributed by atoms with Crippen LogP contribution in [0.4, 0.5) is 5.69 Å². The van der Waals surface area contributed by atoms with Crippen molar-refractivity contribution in [3.05, 3.63) is 23.8 Å². The van der Waals surface area contributed by atoms with E-state index in [4.69, 9.17) is 14.2 Å². The Morgan fingerprint density at radius 3 is 2.43 bits per heavy atom. The molecule has 28 heavy (non-hydrogen) atoms. The van der Waals surface area contributed by atoms with Crippen LogP contribution in [-0.2, 0) is 14.3 Å². The maximum Gasteiger partial charge on any atom is 0.341 e. The van der Waals surface area contributed by atoms with Crippen molar-refractivity contribution in [2.45, 2.75) is 78.9 Å². The van der Waals surface area contributed by atoms with Crippen molar-refractivity contribution in [3.8, 4) is 5.75 Å². The zero-order chi connectivity index (χ0) is 21.2. The van der Waals surface area contributed by atoms with Gasteiger partial charge in [-0.05, 0) is 58.2 Å². The highest BCUT2D eigenvalue weighted by Crippen LogP contribution is 2.27. The number of esters is 1. The fourth-order valence-corrected chi connectivity index (χ4v) is 2.70. The maximum atomic E-state index is 12.9. The van der Waals surface area contributed by atoms with Crippen LogP contribution in [0.1, 0.15) is 77.6 Å². The number of hydrogen-bond acceptors (Lipinski definition) is 5.